The molecule has 3 N–H and O–H groups in total. The van der Waals surface area contributed by atoms with E-state index in [9.17, 15) is 4.79 Å². The van der Waals surface area contributed by atoms with E-state index in [1.165, 1.54) is 16.2 Å². The van der Waals surface area contributed by atoms with E-state index in [0.717, 1.165) is 70.2 Å². The van der Waals surface area contributed by atoms with E-state index >= 15 is 0 Å². The van der Waals surface area contributed by atoms with E-state index in [-0.39, 0.29) is 11.8 Å². The molecule has 0 atom stereocenters. The number of hydrogen-bond donors (Lipinski definition) is 3. The third-order valence-electron chi connectivity index (χ3n) is 7.50. The number of carbonyl (C=O) groups is 1. The van der Waals surface area contributed by atoms with Crippen LogP contribution in [0.25, 0.3) is 55.2 Å². The summed E-state index contributed by atoms with van der Waals surface area (Å²) in [5.41, 5.74) is 6.89. The van der Waals surface area contributed by atoms with Gasteiger partial charge < -0.3 is 10.3 Å². The fraction of sp³-hybridized carbons (Fsp3) is 0.233. The van der Waals surface area contributed by atoms with Crippen molar-refractivity contribution < 1.29 is 4.79 Å². The van der Waals surface area contributed by atoms with Gasteiger partial charge in [-0.25, -0.2) is 9.97 Å². The maximum atomic E-state index is 12.8. The average Bonchev–Trinajstić information content (AvgIpc) is 3.71. The van der Waals surface area contributed by atoms with E-state index in [2.05, 4.69) is 55.6 Å². The van der Waals surface area contributed by atoms with E-state index in [4.69, 9.17) is 4.98 Å². The second-order valence-corrected chi connectivity index (χ2v) is 11.5. The minimum atomic E-state index is 0.0925. The first-order valence-electron chi connectivity index (χ1n) is 13.3. The van der Waals surface area contributed by atoms with Crippen molar-refractivity contribution in [2.24, 2.45) is 5.92 Å². The number of nitrogens with zero attached hydrogens (tertiary/aromatic N) is 4. The van der Waals surface area contributed by atoms with Crippen molar-refractivity contribution >= 4 is 45.0 Å². The summed E-state index contributed by atoms with van der Waals surface area (Å²) in [5, 5.41) is 11.8. The van der Waals surface area contributed by atoms with Crippen molar-refractivity contribution in [3.63, 3.8) is 0 Å². The molecule has 0 spiro atoms. The van der Waals surface area contributed by atoms with Crippen molar-refractivity contribution in [1.82, 2.24) is 30.1 Å². The van der Waals surface area contributed by atoms with Gasteiger partial charge in [0.05, 0.1) is 22.9 Å². The number of hydrogen-bond acceptors (Lipinski definition) is 6. The van der Waals surface area contributed by atoms with Gasteiger partial charge in [-0.1, -0.05) is 25.3 Å². The number of thiophene rings is 1. The van der Waals surface area contributed by atoms with Crippen LogP contribution in [0.15, 0.2) is 61.1 Å². The predicted molar refractivity (Wildman–Crippen MR) is 155 cm³/mol. The molecule has 0 radical (unpaired) electrons. The minimum absolute atomic E-state index is 0.0925. The lowest BCUT2D eigenvalue weighted by atomic mass is 9.88. The van der Waals surface area contributed by atoms with Crippen molar-refractivity contribution in [2.45, 2.75) is 39.0 Å². The highest BCUT2D eigenvalue weighted by Gasteiger charge is 2.21. The third kappa shape index (κ3) is 4.48. The normalized spacial score (nSPS) is 14.3. The van der Waals surface area contributed by atoms with Gasteiger partial charge in [-0.15, -0.1) is 11.3 Å². The molecule has 39 heavy (non-hydrogen) atoms. The number of rotatable bonds is 5. The van der Waals surface area contributed by atoms with Gasteiger partial charge in [0, 0.05) is 44.6 Å². The van der Waals surface area contributed by atoms with E-state index in [1.807, 2.05) is 30.5 Å². The lowest BCUT2D eigenvalue weighted by Crippen LogP contribution is -2.24. The number of anilines is 1. The molecular formula is C30H27N7OS. The van der Waals surface area contributed by atoms with Crippen LogP contribution in [0.4, 0.5) is 5.69 Å². The number of nitrogens with one attached hydrogen (secondary N) is 3. The summed E-state index contributed by atoms with van der Waals surface area (Å²) in [5.74, 6) is 0.847. The summed E-state index contributed by atoms with van der Waals surface area (Å²) in [4.78, 5) is 32.4. The molecule has 0 aliphatic heterocycles. The Bertz CT molecular complexity index is 1830. The molecule has 8 nitrogen and oxygen atoms in total. The summed E-state index contributed by atoms with van der Waals surface area (Å²) in [6, 6.07) is 14.4. The molecule has 1 aliphatic rings. The Hall–Kier alpha value is -4.37. The molecule has 1 saturated carbocycles. The molecule has 1 aromatic carbocycles. The number of imidazole rings is 1. The zero-order chi connectivity index (χ0) is 26.3. The van der Waals surface area contributed by atoms with E-state index < -0.39 is 0 Å². The average molecular weight is 534 g/mol. The number of amides is 1. The van der Waals surface area contributed by atoms with Crippen LogP contribution in [0.2, 0.25) is 0 Å². The number of H-pyrrole nitrogens is 2. The molecule has 7 rings (SSSR count). The van der Waals surface area contributed by atoms with E-state index in [0.29, 0.717) is 11.5 Å². The first kappa shape index (κ1) is 23.7. The fourth-order valence-corrected chi connectivity index (χ4v) is 6.36. The number of benzene rings is 1. The molecule has 0 bridgehead atoms. The predicted octanol–water partition coefficient (Wildman–Crippen LogP) is 7.12. The van der Waals surface area contributed by atoms with Crippen molar-refractivity contribution in [3.05, 3.63) is 65.9 Å². The summed E-state index contributed by atoms with van der Waals surface area (Å²) in [7, 11) is 0. The fourth-order valence-electron chi connectivity index (χ4n) is 5.46. The molecule has 0 saturated heterocycles. The molecule has 1 aliphatic carbocycles. The summed E-state index contributed by atoms with van der Waals surface area (Å²) in [6.07, 6.45) is 10.7. The molecule has 5 aromatic heterocycles. The number of fused-ring (bicyclic) bond motifs is 2. The molecule has 194 valence electrons. The molecule has 9 heteroatoms. The van der Waals surface area contributed by atoms with Crippen LogP contribution >= 0.6 is 11.3 Å². The first-order valence-corrected chi connectivity index (χ1v) is 14.1. The number of aryl methyl sites for hydroxylation is 1. The maximum Gasteiger partial charge on any atom is 0.227 e. The monoisotopic (exact) mass is 533 g/mol. The third-order valence-corrected chi connectivity index (χ3v) is 8.53. The molecule has 6 aromatic rings. The van der Waals surface area contributed by atoms with Gasteiger partial charge in [0.25, 0.3) is 0 Å². The highest BCUT2D eigenvalue weighted by molar-refractivity contribution is 7.15. The standard InChI is InChI=1S/C30H27N7OS/c1-17-7-10-25(39-17)22-11-12-32-28-26(22)34-29(35-28)27-23-14-19(8-9-24(23)36-37-27)20-13-21(16-31-15-20)33-30(38)18-5-3-2-4-6-18/h7-16,18H,2-6H2,1H3,(H,33,38)(H,36,37)(H,32,34,35). The SMILES string of the molecule is Cc1ccc(-c2ccnc3nc(-c4n[nH]c5ccc(-c6cncc(NC(=O)C7CCCCC7)c6)cc45)[nH]c23)s1. The van der Waals surface area contributed by atoms with Crippen LogP contribution in [0.5, 0.6) is 0 Å². The van der Waals surface area contributed by atoms with Gasteiger partial charge in [-0.05, 0) is 61.7 Å². The van der Waals surface area contributed by atoms with Gasteiger partial charge in [0.15, 0.2) is 11.5 Å². The number of aromatic nitrogens is 6. The number of carbonyl (C=O) groups excluding carboxylic acids is 1. The van der Waals surface area contributed by atoms with Crippen LogP contribution in [0.3, 0.4) is 0 Å². The van der Waals surface area contributed by atoms with Crippen LogP contribution in [0, 0.1) is 12.8 Å². The molecular weight excluding hydrogens is 506 g/mol. The Morgan fingerprint density at radius 1 is 1.03 bits per heavy atom. The first-order chi connectivity index (χ1) is 19.1. The molecule has 1 amide bonds. The van der Waals surface area contributed by atoms with Crippen LogP contribution < -0.4 is 5.32 Å². The van der Waals surface area contributed by atoms with Gasteiger partial charge >= 0.3 is 0 Å². The van der Waals surface area contributed by atoms with Gasteiger partial charge in [0.1, 0.15) is 5.69 Å². The Morgan fingerprint density at radius 3 is 2.77 bits per heavy atom. The summed E-state index contributed by atoms with van der Waals surface area (Å²) >= 11 is 1.75. The minimum Gasteiger partial charge on any atom is -0.335 e. The second kappa shape index (κ2) is 9.74. The Kier molecular flexibility index (Phi) is 5.93. The topological polar surface area (TPSA) is 112 Å². The maximum absolute atomic E-state index is 12.8. The van der Waals surface area contributed by atoms with Crippen LogP contribution in [-0.4, -0.2) is 36.0 Å². The quantitative estimate of drug-likeness (QED) is 0.218. The van der Waals surface area contributed by atoms with E-state index in [1.54, 1.807) is 23.7 Å². The van der Waals surface area contributed by atoms with Crippen LogP contribution in [0.1, 0.15) is 37.0 Å². The zero-order valence-electron chi connectivity index (χ0n) is 21.5. The Morgan fingerprint density at radius 2 is 1.92 bits per heavy atom. The number of aromatic amines is 2. The largest absolute Gasteiger partial charge is 0.335 e. The van der Waals surface area contributed by atoms with Gasteiger partial charge in [-0.2, -0.15) is 5.10 Å². The molecule has 1 fully saturated rings. The molecule has 5 heterocycles. The smallest absolute Gasteiger partial charge is 0.227 e. The lowest BCUT2D eigenvalue weighted by Gasteiger charge is -2.20. The number of pyridine rings is 2. The van der Waals surface area contributed by atoms with Crippen molar-refractivity contribution in [2.75, 3.05) is 5.32 Å². The molecule has 0 unspecified atom stereocenters. The van der Waals surface area contributed by atoms with Crippen molar-refractivity contribution in [3.8, 4) is 33.1 Å². The van der Waals surface area contributed by atoms with Crippen LogP contribution in [-0.2, 0) is 4.79 Å². The summed E-state index contributed by atoms with van der Waals surface area (Å²) < 4.78 is 0. The highest BCUT2D eigenvalue weighted by atomic mass is 32.1. The van der Waals surface area contributed by atoms with Gasteiger partial charge in [-0.3, -0.25) is 14.9 Å². The summed E-state index contributed by atoms with van der Waals surface area (Å²) in [6.45, 7) is 2.11. The second-order valence-electron chi connectivity index (χ2n) is 10.2. The Balaban J connectivity index is 1.22. The van der Waals surface area contributed by atoms with Crippen molar-refractivity contribution in [1.29, 1.82) is 0 Å². The zero-order valence-corrected chi connectivity index (χ0v) is 22.3. The lowest BCUT2D eigenvalue weighted by molar-refractivity contribution is -0.120. The van der Waals surface area contributed by atoms with Gasteiger partial charge in [0.2, 0.25) is 5.91 Å². The highest BCUT2D eigenvalue weighted by Crippen LogP contribution is 2.35. The Labute approximate surface area is 228 Å².